The Morgan fingerprint density at radius 1 is 1.19 bits per heavy atom. The van der Waals surface area contributed by atoms with E-state index in [0.29, 0.717) is 25.8 Å². The summed E-state index contributed by atoms with van der Waals surface area (Å²) in [6.45, 7) is 4.41. The van der Waals surface area contributed by atoms with Crippen molar-refractivity contribution in [3.05, 3.63) is 48.3 Å². The molecule has 0 aromatic heterocycles. The molecule has 2 rings (SSSR count). The number of nitrogens with one attached hydrogen (secondary N) is 1. The lowest BCUT2D eigenvalue weighted by molar-refractivity contribution is -0.145. The first-order valence-electron chi connectivity index (χ1n) is 11.2. The van der Waals surface area contributed by atoms with E-state index in [9.17, 15) is 18.8 Å². The van der Waals surface area contributed by atoms with Crippen LogP contribution in [0, 0.1) is 5.82 Å². The second-order valence-electron chi connectivity index (χ2n) is 7.77. The van der Waals surface area contributed by atoms with Gasteiger partial charge < -0.3 is 15.0 Å². The standard InChI is InChI=1S/C24H33FN2O4S/c1-2-15-31-24(30)9-7-16-32-23-17-22(29)27(23)18-21(28)26-14-6-4-3-5-8-19-10-12-20(25)13-11-19/h2,10-13,23H,1,3-9,14-18H2,(H,26,28). The normalized spacial score (nSPS) is 15.2. The zero-order valence-electron chi connectivity index (χ0n) is 18.5. The number of carbonyl (C=O) groups is 3. The van der Waals surface area contributed by atoms with Crippen molar-refractivity contribution in [3.8, 4) is 0 Å². The zero-order chi connectivity index (χ0) is 23.2. The molecule has 0 bridgehead atoms. The highest BCUT2D eigenvalue weighted by atomic mass is 32.2. The summed E-state index contributed by atoms with van der Waals surface area (Å²) in [5.74, 6) is 0.126. The molecule has 1 aromatic carbocycles. The molecule has 0 spiro atoms. The first-order chi connectivity index (χ1) is 15.5. The summed E-state index contributed by atoms with van der Waals surface area (Å²) in [7, 11) is 0. The SMILES string of the molecule is C=CCOC(=O)CCCSC1CC(=O)N1CC(=O)NCCCCCCc1ccc(F)cc1. The van der Waals surface area contributed by atoms with Crippen LogP contribution in [0.15, 0.2) is 36.9 Å². The molecule has 32 heavy (non-hydrogen) atoms. The highest BCUT2D eigenvalue weighted by Gasteiger charge is 2.37. The van der Waals surface area contributed by atoms with Crippen LogP contribution in [0.2, 0.25) is 0 Å². The molecule has 0 radical (unpaired) electrons. The van der Waals surface area contributed by atoms with Crippen molar-refractivity contribution in [1.82, 2.24) is 10.2 Å². The highest BCUT2D eigenvalue weighted by molar-refractivity contribution is 7.99. The molecule has 1 aliphatic heterocycles. The molecule has 0 saturated carbocycles. The fraction of sp³-hybridized carbons (Fsp3) is 0.542. The molecule has 1 heterocycles. The van der Waals surface area contributed by atoms with Gasteiger partial charge in [0.15, 0.2) is 0 Å². The van der Waals surface area contributed by atoms with E-state index in [2.05, 4.69) is 11.9 Å². The fourth-order valence-corrected chi connectivity index (χ4v) is 4.54. The summed E-state index contributed by atoms with van der Waals surface area (Å²) < 4.78 is 17.8. The third-order valence-electron chi connectivity index (χ3n) is 5.16. The van der Waals surface area contributed by atoms with Crippen LogP contribution in [0.25, 0.3) is 0 Å². The van der Waals surface area contributed by atoms with Crippen molar-refractivity contribution in [2.75, 3.05) is 25.4 Å². The number of likely N-dealkylation sites (tertiary alicyclic amines) is 1. The number of nitrogens with zero attached hydrogens (tertiary/aromatic N) is 1. The Kier molecular flexibility index (Phi) is 11.9. The number of ether oxygens (including phenoxy) is 1. The molecule has 6 nitrogen and oxygen atoms in total. The topological polar surface area (TPSA) is 75.7 Å². The largest absolute Gasteiger partial charge is 0.461 e. The van der Waals surface area contributed by atoms with Gasteiger partial charge in [0.2, 0.25) is 11.8 Å². The summed E-state index contributed by atoms with van der Waals surface area (Å²) in [5.41, 5.74) is 1.14. The summed E-state index contributed by atoms with van der Waals surface area (Å²) >= 11 is 1.60. The van der Waals surface area contributed by atoms with E-state index in [-0.39, 0.29) is 42.1 Å². The maximum atomic E-state index is 12.9. The van der Waals surface area contributed by atoms with Crippen LogP contribution in [-0.4, -0.2) is 53.5 Å². The molecular weight excluding hydrogens is 431 g/mol. The highest BCUT2D eigenvalue weighted by Crippen LogP contribution is 2.29. The van der Waals surface area contributed by atoms with Crippen LogP contribution in [0.3, 0.4) is 0 Å². The van der Waals surface area contributed by atoms with Gasteiger partial charge in [0.25, 0.3) is 0 Å². The molecule has 1 unspecified atom stereocenters. The quantitative estimate of drug-likeness (QED) is 0.174. The Hall–Kier alpha value is -2.35. The molecule has 2 amide bonds. The molecule has 1 atom stereocenters. The number of benzene rings is 1. The average Bonchev–Trinajstić information content (AvgIpc) is 2.78. The minimum absolute atomic E-state index is 0.00362. The maximum Gasteiger partial charge on any atom is 0.306 e. The third-order valence-corrected chi connectivity index (χ3v) is 6.49. The molecule has 0 aliphatic carbocycles. The predicted octanol–water partition coefficient (Wildman–Crippen LogP) is 3.85. The smallest absolute Gasteiger partial charge is 0.306 e. The van der Waals surface area contributed by atoms with Crippen molar-refractivity contribution in [1.29, 1.82) is 0 Å². The molecular formula is C24H33FN2O4S. The van der Waals surface area contributed by atoms with E-state index in [1.165, 1.54) is 18.2 Å². The van der Waals surface area contributed by atoms with E-state index in [1.807, 2.05) is 12.1 Å². The van der Waals surface area contributed by atoms with Gasteiger partial charge in [-0.15, -0.1) is 11.8 Å². The van der Waals surface area contributed by atoms with Crippen molar-refractivity contribution in [2.24, 2.45) is 0 Å². The predicted molar refractivity (Wildman–Crippen MR) is 125 cm³/mol. The number of hydrogen-bond donors (Lipinski definition) is 1. The van der Waals surface area contributed by atoms with Gasteiger partial charge in [0.1, 0.15) is 19.0 Å². The van der Waals surface area contributed by atoms with Gasteiger partial charge in [-0.2, -0.15) is 0 Å². The number of aryl methyl sites for hydroxylation is 1. The lowest BCUT2D eigenvalue weighted by Gasteiger charge is -2.39. The number of hydrogen-bond acceptors (Lipinski definition) is 5. The Bertz CT molecular complexity index is 757. The Morgan fingerprint density at radius 2 is 1.94 bits per heavy atom. The van der Waals surface area contributed by atoms with Crippen LogP contribution < -0.4 is 5.32 Å². The second-order valence-corrected chi connectivity index (χ2v) is 9.05. The summed E-state index contributed by atoms with van der Waals surface area (Å²) in [5, 5.41) is 2.89. The Morgan fingerprint density at radius 3 is 2.66 bits per heavy atom. The van der Waals surface area contributed by atoms with Crippen molar-refractivity contribution in [2.45, 2.75) is 56.7 Å². The van der Waals surface area contributed by atoms with E-state index < -0.39 is 0 Å². The number of amides is 2. The first kappa shape index (κ1) is 25.9. The average molecular weight is 465 g/mol. The number of unbranched alkanes of at least 4 members (excludes halogenated alkanes) is 3. The molecule has 1 saturated heterocycles. The van der Waals surface area contributed by atoms with Gasteiger partial charge in [-0.05, 0) is 49.1 Å². The third kappa shape index (κ3) is 9.85. The van der Waals surface area contributed by atoms with Gasteiger partial charge in [-0.3, -0.25) is 14.4 Å². The lowest BCUT2D eigenvalue weighted by atomic mass is 10.1. The van der Waals surface area contributed by atoms with Crippen molar-refractivity contribution in [3.63, 3.8) is 0 Å². The minimum atomic E-state index is -0.248. The molecule has 176 valence electrons. The summed E-state index contributed by atoms with van der Waals surface area (Å²) in [4.78, 5) is 37.0. The monoisotopic (exact) mass is 464 g/mol. The summed E-state index contributed by atoms with van der Waals surface area (Å²) in [6, 6.07) is 6.60. The van der Waals surface area contributed by atoms with Gasteiger partial charge >= 0.3 is 5.97 Å². The number of thioether (sulfide) groups is 1. The lowest BCUT2D eigenvalue weighted by Crippen LogP contribution is -2.54. The molecule has 1 N–H and O–H groups in total. The van der Waals surface area contributed by atoms with Crippen LogP contribution in [-0.2, 0) is 25.5 Å². The van der Waals surface area contributed by atoms with Gasteiger partial charge in [0, 0.05) is 13.0 Å². The Labute approximate surface area is 194 Å². The molecule has 1 aromatic rings. The van der Waals surface area contributed by atoms with Gasteiger partial charge in [-0.1, -0.05) is 37.6 Å². The zero-order valence-corrected chi connectivity index (χ0v) is 19.3. The Balaban J connectivity index is 1.49. The maximum absolute atomic E-state index is 12.9. The number of rotatable bonds is 16. The van der Waals surface area contributed by atoms with Crippen molar-refractivity contribution < 1.29 is 23.5 Å². The van der Waals surface area contributed by atoms with E-state index in [1.54, 1.807) is 16.7 Å². The van der Waals surface area contributed by atoms with E-state index in [0.717, 1.165) is 43.4 Å². The number of halogens is 1. The fourth-order valence-electron chi connectivity index (χ4n) is 3.32. The number of carbonyl (C=O) groups excluding carboxylic acids is 3. The van der Waals surface area contributed by atoms with Crippen LogP contribution in [0.5, 0.6) is 0 Å². The molecule has 1 aliphatic rings. The van der Waals surface area contributed by atoms with Gasteiger partial charge in [0.05, 0.1) is 11.8 Å². The van der Waals surface area contributed by atoms with E-state index in [4.69, 9.17) is 4.74 Å². The second kappa shape index (κ2) is 14.7. The number of β-lactam (4-membered cyclic amide) rings is 1. The number of esters is 1. The van der Waals surface area contributed by atoms with Crippen molar-refractivity contribution >= 4 is 29.5 Å². The summed E-state index contributed by atoms with van der Waals surface area (Å²) in [6.07, 6.45) is 7.90. The van der Waals surface area contributed by atoms with Crippen LogP contribution >= 0.6 is 11.8 Å². The molecule has 1 fully saturated rings. The minimum Gasteiger partial charge on any atom is -0.461 e. The molecule has 8 heteroatoms. The van der Waals surface area contributed by atoms with Crippen LogP contribution in [0.4, 0.5) is 4.39 Å². The van der Waals surface area contributed by atoms with Gasteiger partial charge in [-0.25, -0.2) is 4.39 Å². The first-order valence-corrected chi connectivity index (χ1v) is 12.2. The van der Waals surface area contributed by atoms with Crippen LogP contribution in [0.1, 0.15) is 50.5 Å². The van der Waals surface area contributed by atoms with E-state index >= 15 is 0 Å².